The molecule has 1 amide bonds. The van der Waals surface area contributed by atoms with Crippen LogP contribution < -0.4 is 0 Å². The Hall–Kier alpha value is -0.880. The Labute approximate surface area is 121 Å². The number of nitrogens with zero attached hydrogens (tertiary/aromatic N) is 1. The molecule has 1 aromatic rings. The van der Waals surface area contributed by atoms with Crippen molar-refractivity contribution in [2.24, 2.45) is 0 Å². The van der Waals surface area contributed by atoms with E-state index >= 15 is 0 Å². The van der Waals surface area contributed by atoms with Gasteiger partial charge in [0.05, 0.1) is 0 Å². The van der Waals surface area contributed by atoms with E-state index in [0.717, 1.165) is 21.8 Å². The summed E-state index contributed by atoms with van der Waals surface area (Å²) in [4.78, 5) is 23.9. The quantitative estimate of drug-likeness (QED) is 0.803. The molecule has 1 unspecified atom stereocenters. The molecule has 1 fully saturated rings. The van der Waals surface area contributed by atoms with Crippen LogP contribution in [0.5, 0.6) is 0 Å². The highest BCUT2D eigenvalue weighted by Crippen LogP contribution is 2.35. The number of carbonyl (C=O) groups excluding carboxylic acids is 1. The van der Waals surface area contributed by atoms with Crippen LogP contribution in [-0.4, -0.2) is 28.4 Å². The van der Waals surface area contributed by atoms with Crippen molar-refractivity contribution in [2.45, 2.75) is 24.9 Å². The van der Waals surface area contributed by atoms with Crippen molar-refractivity contribution in [3.8, 4) is 0 Å². The molecule has 0 saturated heterocycles. The first-order valence-corrected chi connectivity index (χ1v) is 7.03. The SMILES string of the molecule is O=CN(C1CC1)C(C(=O)O)c1ccc(Br)c(Br)c1. The van der Waals surface area contributed by atoms with Gasteiger partial charge in [-0.2, -0.15) is 0 Å². The molecule has 1 aromatic carbocycles. The molecule has 2 rings (SSSR count). The lowest BCUT2D eigenvalue weighted by Gasteiger charge is -2.25. The third-order valence-electron chi connectivity index (χ3n) is 2.88. The fourth-order valence-corrected chi connectivity index (χ4v) is 2.50. The summed E-state index contributed by atoms with van der Waals surface area (Å²) in [5.74, 6) is -1.01. The number of aliphatic carboxylic acids is 1. The molecule has 1 aliphatic carbocycles. The van der Waals surface area contributed by atoms with Gasteiger partial charge < -0.3 is 10.0 Å². The summed E-state index contributed by atoms with van der Waals surface area (Å²) in [5, 5.41) is 9.34. The highest BCUT2D eigenvalue weighted by molar-refractivity contribution is 9.13. The van der Waals surface area contributed by atoms with E-state index in [4.69, 9.17) is 0 Å². The molecule has 0 radical (unpaired) electrons. The van der Waals surface area contributed by atoms with Gasteiger partial charge in [-0.3, -0.25) is 4.79 Å². The van der Waals surface area contributed by atoms with Crippen molar-refractivity contribution in [1.82, 2.24) is 4.90 Å². The van der Waals surface area contributed by atoms with E-state index in [9.17, 15) is 14.7 Å². The molecule has 0 heterocycles. The van der Waals surface area contributed by atoms with E-state index < -0.39 is 12.0 Å². The number of hydrogen-bond donors (Lipinski definition) is 1. The number of rotatable bonds is 5. The topological polar surface area (TPSA) is 57.6 Å². The summed E-state index contributed by atoms with van der Waals surface area (Å²) in [7, 11) is 0. The van der Waals surface area contributed by atoms with Gasteiger partial charge in [0, 0.05) is 15.0 Å². The van der Waals surface area contributed by atoms with E-state index in [-0.39, 0.29) is 6.04 Å². The summed E-state index contributed by atoms with van der Waals surface area (Å²) in [5.41, 5.74) is 0.594. The Morgan fingerprint density at radius 2 is 2.06 bits per heavy atom. The van der Waals surface area contributed by atoms with Crippen molar-refractivity contribution >= 4 is 44.2 Å². The minimum absolute atomic E-state index is 0.0611. The minimum Gasteiger partial charge on any atom is -0.479 e. The highest BCUT2D eigenvalue weighted by Gasteiger charge is 2.37. The fraction of sp³-hybridized carbons (Fsp3) is 0.333. The van der Waals surface area contributed by atoms with E-state index in [0.29, 0.717) is 12.0 Å². The van der Waals surface area contributed by atoms with E-state index in [1.165, 1.54) is 4.90 Å². The third-order valence-corrected chi connectivity index (χ3v) is 4.76. The number of amides is 1. The van der Waals surface area contributed by atoms with E-state index in [1.54, 1.807) is 18.2 Å². The molecule has 0 aliphatic heterocycles. The normalized spacial score (nSPS) is 16.1. The van der Waals surface area contributed by atoms with Gasteiger partial charge in [0.2, 0.25) is 6.41 Å². The molecule has 1 aliphatic rings. The Morgan fingerprint density at radius 1 is 1.39 bits per heavy atom. The average molecular weight is 377 g/mol. The van der Waals surface area contributed by atoms with Gasteiger partial charge in [0.1, 0.15) is 0 Å². The number of carboxylic acids is 1. The first-order chi connectivity index (χ1) is 8.54. The predicted molar refractivity (Wildman–Crippen MR) is 73.1 cm³/mol. The van der Waals surface area contributed by atoms with Gasteiger partial charge >= 0.3 is 5.97 Å². The minimum atomic E-state index is -1.01. The molecular formula is C12H11Br2NO3. The largest absolute Gasteiger partial charge is 0.479 e. The zero-order valence-corrected chi connectivity index (χ0v) is 12.5. The third kappa shape index (κ3) is 2.75. The molecule has 4 nitrogen and oxygen atoms in total. The van der Waals surface area contributed by atoms with Gasteiger partial charge in [-0.15, -0.1) is 0 Å². The Balaban J connectivity index is 2.36. The molecule has 1 atom stereocenters. The number of carbonyl (C=O) groups is 2. The zero-order chi connectivity index (χ0) is 13.3. The van der Waals surface area contributed by atoms with Crippen molar-refractivity contribution < 1.29 is 14.7 Å². The summed E-state index contributed by atoms with van der Waals surface area (Å²) < 4.78 is 1.62. The van der Waals surface area contributed by atoms with Gasteiger partial charge in [-0.25, -0.2) is 4.79 Å². The van der Waals surface area contributed by atoms with Crippen LogP contribution in [0.1, 0.15) is 24.4 Å². The molecule has 0 aromatic heterocycles. The smallest absolute Gasteiger partial charge is 0.331 e. The van der Waals surface area contributed by atoms with Gasteiger partial charge in [0.25, 0.3) is 0 Å². The van der Waals surface area contributed by atoms with Crippen LogP contribution >= 0.6 is 31.9 Å². The van der Waals surface area contributed by atoms with Crippen molar-refractivity contribution in [3.05, 3.63) is 32.7 Å². The summed E-state index contributed by atoms with van der Waals surface area (Å²) in [6.45, 7) is 0. The molecule has 0 bridgehead atoms. The summed E-state index contributed by atoms with van der Waals surface area (Å²) >= 11 is 6.67. The van der Waals surface area contributed by atoms with Crippen LogP contribution in [0, 0.1) is 0 Å². The second kappa shape index (κ2) is 5.40. The van der Waals surface area contributed by atoms with Crippen LogP contribution in [0.15, 0.2) is 27.1 Å². The lowest BCUT2D eigenvalue weighted by molar-refractivity contribution is -0.147. The van der Waals surface area contributed by atoms with Gasteiger partial charge in [0.15, 0.2) is 6.04 Å². The van der Waals surface area contributed by atoms with Crippen LogP contribution in [-0.2, 0) is 9.59 Å². The lowest BCUT2D eigenvalue weighted by Crippen LogP contribution is -2.34. The maximum absolute atomic E-state index is 11.4. The first-order valence-electron chi connectivity index (χ1n) is 5.45. The highest BCUT2D eigenvalue weighted by atomic mass is 79.9. The molecule has 96 valence electrons. The molecule has 1 N–H and O–H groups in total. The lowest BCUT2D eigenvalue weighted by atomic mass is 10.1. The number of carboxylic acid groups (broad SMARTS) is 1. The molecule has 1 saturated carbocycles. The molecule has 0 spiro atoms. The number of benzene rings is 1. The molecular weight excluding hydrogens is 366 g/mol. The summed E-state index contributed by atoms with van der Waals surface area (Å²) in [6.07, 6.45) is 2.38. The van der Waals surface area contributed by atoms with E-state index in [1.807, 2.05) is 0 Å². The maximum Gasteiger partial charge on any atom is 0.331 e. The van der Waals surface area contributed by atoms with E-state index in [2.05, 4.69) is 31.9 Å². The van der Waals surface area contributed by atoms with Crippen LogP contribution in [0.2, 0.25) is 0 Å². The molecule has 6 heteroatoms. The number of halogens is 2. The van der Waals surface area contributed by atoms with Crippen LogP contribution in [0.25, 0.3) is 0 Å². The van der Waals surface area contributed by atoms with Crippen LogP contribution in [0.4, 0.5) is 0 Å². The zero-order valence-electron chi connectivity index (χ0n) is 9.35. The second-order valence-corrected chi connectivity index (χ2v) is 5.91. The van der Waals surface area contributed by atoms with Gasteiger partial charge in [-0.1, -0.05) is 6.07 Å². The summed E-state index contributed by atoms with van der Waals surface area (Å²) in [6, 6.07) is 4.35. The van der Waals surface area contributed by atoms with Crippen molar-refractivity contribution in [3.63, 3.8) is 0 Å². The second-order valence-electron chi connectivity index (χ2n) is 4.20. The average Bonchev–Trinajstić information content (AvgIpc) is 3.13. The van der Waals surface area contributed by atoms with Crippen molar-refractivity contribution in [2.75, 3.05) is 0 Å². The predicted octanol–water partition coefficient (Wildman–Crippen LogP) is 2.96. The Morgan fingerprint density at radius 3 is 2.50 bits per heavy atom. The Bertz CT molecular complexity index is 488. The first kappa shape index (κ1) is 13.5. The maximum atomic E-state index is 11.4. The fourth-order valence-electron chi connectivity index (χ4n) is 1.86. The number of hydrogen-bond acceptors (Lipinski definition) is 2. The monoisotopic (exact) mass is 375 g/mol. The standard InChI is InChI=1S/C12H11Br2NO3/c13-9-4-1-7(5-10(9)14)11(12(17)18)15(6-16)8-2-3-8/h1,4-6,8,11H,2-3H2,(H,17,18). The van der Waals surface area contributed by atoms with Gasteiger partial charge in [-0.05, 0) is 62.4 Å². The van der Waals surface area contributed by atoms with Crippen molar-refractivity contribution in [1.29, 1.82) is 0 Å². The van der Waals surface area contributed by atoms with Crippen LogP contribution in [0.3, 0.4) is 0 Å². The molecule has 18 heavy (non-hydrogen) atoms. The Kier molecular flexibility index (Phi) is 4.07.